The molecule has 0 saturated carbocycles. The average molecular weight is 398 g/mol. The van der Waals surface area contributed by atoms with Crippen LogP contribution in [-0.2, 0) is 14.4 Å². The highest BCUT2D eigenvalue weighted by Gasteiger charge is 2.13. The molecule has 2 amide bonds. The third kappa shape index (κ3) is 6.65. The number of carbonyl (C=O) groups excluding carboxylic acids is 3. The van der Waals surface area contributed by atoms with Gasteiger partial charge in [-0.05, 0) is 49.2 Å². The minimum absolute atomic E-state index is 0.231. The van der Waals surface area contributed by atoms with Gasteiger partial charge < -0.3 is 24.7 Å². The molecule has 0 aliphatic heterocycles. The summed E-state index contributed by atoms with van der Waals surface area (Å²) in [7, 11) is 0. The lowest BCUT2D eigenvalue weighted by molar-refractivity contribution is -0.307. The van der Waals surface area contributed by atoms with Gasteiger partial charge in [-0.1, -0.05) is 18.2 Å². The zero-order chi connectivity index (χ0) is 21.2. The molecule has 2 aromatic carbocycles. The lowest BCUT2D eigenvalue weighted by atomic mass is 10.2. The van der Waals surface area contributed by atoms with Crippen molar-refractivity contribution in [3.05, 3.63) is 53.6 Å². The number of aryl methyl sites for hydroxylation is 1. The maximum Gasteiger partial charge on any atom is 0.329 e. The number of ether oxygens (including phenoxy) is 2. The number of carboxylic acids is 1. The Labute approximate surface area is 167 Å². The molecule has 0 unspecified atom stereocenters. The van der Waals surface area contributed by atoms with Gasteiger partial charge in [-0.25, -0.2) is 5.43 Å². The molecule has 0 bridgehead atoms. The highest BCUT2D eigenvalue weighted by atomic mass is 16.5. The van der Waals surface area contributed by atoms with E-state index in [2.05, 4.69) is 15.8 Å². The molecule has 0 aliphatic rings. The van der Waals surface area contributed by atoms with Gasteiger partial charge in [0.15, 0.2) is 11.5 Å². The van der Waals surface area contributed by atoms with Crippen LogP contribution >= 0.6 is 0 Å². The molecule has 0 saturated heterocycles. The van der Waals surface area contributed by atoms with E-state index in [1.807, 2.05) is 19.1 Å². The molecule has 0 fully saturated rings. The van der Waals surface area contributed by atoms with Crippen LogP contribution in [0.15, 0.2) is 47.6 Å². The Bertz CT molecular complexity index is 926. The third-order valence-corrected chi connectivity index (χ3v) is 3.59. The molecule has 0 aliphatic carbocycles. The third-order valence-electron chi connectivity index (χ3n) is 3.59. The Morgan fingerprint density at radius 2 is 1.83 bits per heavy atom. The van der Waals surface area contributed by atoms with Crippen molar-refractivity contribution in [2.45, 2.75) is 13.8 Å². The van der Waals surface area contributed by atoms with E-state index in [0.29, 0.717) is 23.6 Å². The molecule has 152 valence electrons. The van der Waals surface area contributed by atoms with E-state index in [1.54, 1.807) is 31.2 Å². The smallest absolute Gasteiger partial charge is 0.329 e. The number of hydrogen-bond donors (Lipinski definition) is 2. The summed E-state index contributed by atoms with van der Waals surface area (Å²) in [5, 5.41) is 16.8. The molecule has 29 heavy (non-hydrogen) atoms. The van der Waals surface area contributed by atoms with Crippen molar-refractivity contribution in [1.82, 2.24) is 5.43 Å². The van der Waals surface area contributed by atoms with Crippen molar-refractivity contribution in [2.75, 3.05) is 18.5 Å². The van der Waals surface area contributed by atoms with Crippen LogP contribution < -0.4 is 25.3 Å². The SMILES string of the molecule is CCOc1cc(/C=N\NC(=O)C(=O)Nc2ccccc2C)ccc1OCC(=O)[O-]. The molecule has 9 nitrogen and oxygen atoms in total. The molecule has 2 rings (SSSR count). The van der Waals surface area contributed by atoms with Crippen molar-refractivity contribution >= 4 is 29.7 Å². The molecule has 9 heteroatoms. The van der Waals surface area contributed by atoms with E-state index in [0.717, 1.165) is 5.56 Å². The predicted molar refractivity (Wildman–Crippen MR) is 104 cm³/mol. The quantitative estimate of drug-likeness (QED) is 0.381. The number of hydrogen-bond acceptors (Lipinski definition) is 7. The first kappa shape index (κ1) is 21.4. The van der Waals surface area contributed by atoms with E-state index in [4.69, 9.17) is 9.47 Å². The topological polar surface area (TPSA) is 129 Å². The van der Waals surface area contributed by atoms with Gasteiger partial charge >= 0.3 is 11.8 Å². The van der Waals surface area contributed by atoms with Crippen LogP contribution in [0.25, 0.3) is 0 Å². The Morgan fingerprint density at radius 3 is 2.52 bits per heavy atom. The van der Waals surface area contributed by atoms with Crippen LogP contribution in [0.1, 0.15) is 18.1 Å². The van der Waals surface area contributed by atoms with E-state index in [9.17, 15) is 19.5 Å². The average Bonchev–Trinajstić information content (AvgIpc) is 2.69. The van der Waals surface area contributed by atoms with Crippen LogP contribution in [0.3, 0.4) is 0 Å². The largest absolute Gasteiger partial charge is 0.546 e. The van der Waals surface area contributed by atoms with Crippen molar-refractivity contribution in [3.63, 3.8) is 0 Å². The second-order valence-electron chi connectivity index (χ2n) is 5.77. The van der Waals surface area contributed by atoms with Gasteiger partial charge in [0.25, 0.3) is 0 Å². The zero-order valence-electron chi connectivity index (χ0n) is 15.9. The Morgan fingerprint density at radius 1 is 1.07 bits per heavy atom. The minimum atomic E-state index is -1.36. The normalized spacial score (nSPS) is 10.4. The van der Waals surface area contributed by atoms with E-state index >= 15 is 0 Å². The first-order chi connectivity index (χ1) is 13.9. The Hall–Kier alpha value is -3.88. The van der Waals surface area contributed by atoms with Gasteiger partial charge in [0.1, 0.15) is 6.61 Å². The molecule has 2 N–H and O–H groups in total. The van der Waals surface area contributed by atoms with Gasteiger partial charge in [0.05, 0.1) is 18.8 Å². The molecule has 0 radical (unpaired) electrons. The molecule has 0 aromatic heterocycles. The summed E-state index contributed by atoms with van der Waals surface area (Å²) < 4.78 is 10.5. The lowest BCUT2D eigenvalue weighted by Gasteiger charge is -2.12. The number of benzene rings is 2. The number of hydrazone groups is 1. The predicted octanol–water partition coefficient (Wildman–Crippen LogP) is 0.611. The standard InChI is InChI=1S/C20H21N3O6/c1-3-28-17-10-14(8-9-16(17)29-12-18(24)25)11-21-23-20(27)19(26)22-15-7-5-4-6-13(15)2/h4-11H,3,12H2,1-2H3,(H,22,26)(H,23,27)(H,24,25)/p-1/b21-11-. The van der Waals surface area contributed by atoms with Gasteiger partial charge in [0.2, 0.25) is 0 Å². The number of aliphatic carboxylic acids is 1. The van der Waals surface area contributed by atoms with Crippen LogP contribution in [0, 0.1) is 6.92 Å². The highest BCUT2D eigenvalue weighted by molar-refractivity contribution is 6.39. The van der Waals surface area contributed by atoms with Crippen molar-refractivity contribution in [1.29, 1.82) is 0 Å². The summed E-state index contributed by atoms with van der Waals surface area (Å²) in [6, 6.07) is 11.7. The second kappa shape index (κ2) is 10.5. The zero-order valence-corrected chi connectivity index (χ0v) is 15.9. The number of rotatable bonds is 8. The minimum Gasteiger partial charge on any atom is -0.546 e. The maximum atomic E-state index is 11.9. The summed E-state index contributed by atoms with van der Waals surface area (Å²) in [6.45, 7) is 3.29. The highest BCUT2D eigenvalue weighted by Crippen LogP contribution is 2.28. The maximum absolute atomic E-state index is 11.9. The Kier molecular flexibility index (Phi) is 7.72. The first-order valence-corrected chi connectivity index (χ1v) is 8.70. The number of para-hydroxylation sites is 1. The fourth-order valence-electron chi connectivity index (χ4n) is 2.24. The van der Waals surface area contributed by atoms with Gasteiger partial charge in [-0.3, -0.25) is 9.59 Å². The number of amides is 2. The van der Waals surface area contributed by atoms with Crippen molar-refractivity contribution in [2.24, 2.45) is 5.10 Å². The molecular formula is C20H20N3O6-. The summed E-state index contributed by atoms with van der Waals surface area (Å²) in [6.07, 6.45) is 1.31. The van der Waals surface area contributed by atoms with Crippen LogP contribution in [0.4, 0.5) is 5.69 Å². The van der Waals surface area contributed by atoms with Gasteiger partial charge in [-0.2, -0.15) is 5.10 Å². The van der Waals surface area contributed by atoms with Gasteiger partial charge in [0, 0.05) is 5.69 Å². The van der Waals surface area contributed by atoms with E-state index in [1.165, 1.54) is 12.3 Å². The van der Waals surface area contributed by atoms with E-state index in [-0.39, 0.29) is 5.75 Å². The summed E-state index contributed by atoms with van der Waals surface area (Å²) in [5.74, 6) is -2.60. The fourth-order valence-corrected chi connectivity index (χ4v) is 2.24. The molecular weight excluding hydrogens is 378 g/mol. The van der Waals surface area contributed by atoms with Crippen molar-refractivity contribution in [3.8, 4) is 11.5 Å². The summed E-state index contributed by atoms with van der Waals surface area (Å²) in [5.41, 5.74) is 4.03. The van der Waals surface area contributed by atoms with Crippen LogP contribution in [-0.4, -0.2) is 37.2 Å². The number of carboxylic acid groups (broad SMARTS) is 1. The van der Waals surface area contributed by atoms with Gasteiger partial charge in [-0.15, -0.1) is 0 Å². The fraction of sp³-hybridized carbons (Fsp3) is 0.200. The lowest BCUT2D eigenvalue weighted by Crippen LogP contribution is -2.32. The van der Waals surface area contributed by atoms with Crippen LogP contribution in [0.5, 0.6) is 11.5 Å². The molecule has 0 atom stereocenters. The number of anilines is 1. The molecule has 0 heterocycles. The number of carbonyl (C=O) groups is 3. The first-order valence-electron chi connectivity index (χ1n) is 8.70. The molecule has 2 aromatic rings. The second-order valence-corrected chi connectivity index (χ2v) is 5.77. The summed E-state index contributed by atoms with van der Waals surface area (Å²) in [4.78, 5) is 34.3. The number of nitrogens with zero attached hydrogens (tertiary/aromatic N) is 1. The molecule has 0 spiro atoms. The Balaban J connectivity index is 1.98. The number of nitrogens with one attached hydrogen (secondary N) is 2. The van der Waals surface area contributed by atoms with Crippen LogP contribution in [0.2, 0.25) is 0 Å². The summed E-state index contributed by atoms with van der Waals surface area (Å²) >= 11 is 0. The van der Waals surface area contributed by atoms with Crippen molar-refractivity contribution < 1.29 is 29.0 Å². The van der Waals surface area contributed by atoms with E-state index < -0.39 is 24.4 Å². The monoisotopic (exact) mass is 398 g/mol.